The summed E-state index contributed by atoms with van der Waals surface area (Å²) in [6.45, 7) is 4.86. The van der Waals surface area contributed by atoms with Crippen LogP contribution in [0.25, 0.3) is 5.70 Å². The standard InChI is InChI=1S/C28H41N7O4/c1-17(36)15-31-32-16-20(29)21-14-24(39-18(2)22-9-7-13-35(22)3)34-27(33-21)25(30)19-8-6-12-28(26(19)38)11-5-4-10-23(28)37/h14,16-18,22,29,31,36H,4-13,15,30H2,1-3H3/b25-19?,29-20?,32-16-/t17-,18-,22-,28+/m0/s1. The fourth-order valence-electron chi connectivity index (χ4n) is 5.97. The van der Waals surface area contributed by atoms with E-state index in [1.54, 1.807) is 13.0 Å². The van der Waals surface area contributed by atoms with Crippen molar-refractivity contribution in [2.24, 2.45) is 16.3 Å². The molecule has 39 heavy (non-hydrogen) atoms. The minimum Gasteiger partial charge on any atom is -0.473 e. The summed E-state index contributed by atoms with van der Waals surface area (Å²) in [5.41, 5.74) is 9.03. The summed E-state index contributed by atoms with van der Waals surface area (Å²) in [5.74, 6) is 0.174. The van der Waals surface area contributed by atoms with Gasteiger partial charge in [-0.15, -0.1) is 0 Å². The number of Topliss-reactive ketones (excluding diaryl/α,β-unsaturated/α-hetero) is 2. The molecule has 4 rings (SSSR count). The third kappa shape index (κ3) is 6.36. The van der Waals surface area contributed by atoms with Gasteiger partial charge >= 0.3 is 0 Å². The second-order valence-corrected chi connectivity index (χ2v) is 11.1. The Hall–Kier alpha value is -3.18. The maximum absolute atomic E-state index is 13.7. The molecule has 2 aliphatic carbocycles. The zero-order valence-corrected chi connectivity index (χ0v) is 23.2. The molecule has 2 heterocycles. The number of aliphatic hydroxyl groups excluding tert-OH is 1. The first-order chi connectivity index (χ1) is 18.6. The Morgan fingerprint density at radius 3 is 2.74 bits per heavy atom. The number of likely N-dealkylation sites (N-methyl/N-ethyl adjacent to an activating group) is 1. The molecule has 1 aliphatic heterocycles. The first-order valence-electron chi connectivity index (χ1n) is 14.0. The van der Waals surface area contributed by atoms with Crippen LogP contribution in [0, 0.1) is 10.8 Å². The first-order valence-corrected chi connectivity index (χ1v) is 14.0. The van der Waals surface area contributed by atoms with Crippen molar-refractivity contribution >= 4 is 29.2 Å². The second kappa shape index (κ2) is 12.3. The van der Waals surface area contributed by atoms with Crippen molar-refractivity contribution in [3.63, 3.8) is 0 Å². The molecule has 0 aromatic carbocycles. The lowest BCUT2D eigenvalue weighted by molar-refractivity contribution is -0.143. The van der Waals surface area contributed by atoms with Gasteiger partial charge < -0.3 is 21.0 Å². The van der Waals surface area contributed by atoms with Crippen LogP contribution in [0.1, 0.15) is 83.2 Å². The molecule has 5 N–H and O–H groups in total. The van der Waals surface area contributed by atoms with Gasteiger partial charge in [0.25, 0.3) is 0 Å². The van der Waals surface area contributed by atoms with Gasteiger partial charge in [0, 0.05) is 24.1 Å². The number of hydrogen-bond donors (Lipinski definition) is 4. The van der Waals surface area contributed by atoms with E-state index in [-0.39, 0.29) is 59.1 Å². The van der Waals surface area contributed by atoms with Gasteiger partial charge in [0.05, 0.1) is 35.7 Å². The number of carbonyl (C=O) groups excluding carboxylic acids is 2. The number of likely N-dealkylation sites (tertiary alicyclic amines) is 1. The number of nitrogens with one attached hydrogen (secondary N) is 2. The summed E-state index contributed by atoms with van der Waals surface area (Å²) in [4.78, 5) is 38.0. The normalized spacial score (nSPS) is 27.1. The maximum Gasteiger partial charge on any atom is 0.217 e. The fraction of sp³-hybridized carbons (Fsp3) is 0.643. The number of rotatable bonds is 9. The third-order valence-electron chi connectivity index (χ3n) is 8.17. The molecule has 2 saturated carbocycles. The number of allylic oxidation sites excluding steroid dienone is 1. The van der Waals surface area contributed by atoms with Gasteiger partial charge in [0.1, 0.15) is 17.6 Å². The number of aromatic nitrogens is 2. The molecule has 1 spiro atoms. The van der Waals surface area contributed by atoms with Crippen LogP contribution >= 0.6 is 0 Å². The molecule has 3 aliphatic rings. The molecule has 0 bridgehead atoms. The predicted octanol–water partition coefficient (Wildman–Crippen LogP) is 2.21. The lowest BCUT2D eigenvalue weighted by Gasteiger charge is -2.38. The van der Waals surface area contributed by atoms with Crippen molar-refractivity contribution in [1.82, 2.24) is 20.3 Å². The largest absolute Gasteiger partial charge is 0.473 e. The van der Waals surface area contributed by atoms with Crippen LogP contribution in [0.5, 0.6) is 5.88 Å². The molecule has 11 nitrogen and oxygen atoms in total. The van der Waals surface area contributed by atoms with E-state index in [1.165, 1.54) is 6.21 Å². The summed E-state index contributed by atoms with van der Waals surface area (Å²) in [5, 5.41) is 21.9. The van der Waals surface area contributed by atoms with E-state index in [1.807, 2.05) is 6.92 Å². The van der Waals surface area contributed by atoms with Gasteiger partial charge in [-0.05, 0) is 72.4 Å². The highest BCUT2D eigenvalue weighted by atomic mass is 16.5. The van der Waals surface area contributed by atoms with Crippen molar-refractivity contribution in [3.8, 4) is 5.88 Å². The van der Waals surface area contributed by atoms with Crippen LogP contribution in [-0.2, 0) is 9.59 Å². The minimum atomic E-state index is -0.982. The lowest BCUT2D eigenvalue weighted by atomic mass is 9.62. The molecule has 4 atom stereocenters. The predicted molar refractivity (Wildman–Crippen MR) is 149 cm³/mol. The van der Waals surface area contributed by atoms with Gasteiger partial charge in [0.15, 0.2) is 11.6 Å². The Morgan fingerprint density at radius 2 is 2.05 bits per heavy atom. The van der Waals surface area contributed by atoms with Crippen LogP contribution < -0.4 is 15.9 Å². The van der Waals surface area contributed by atoms with Gasteiger partial charge in [0.2, 0.25) is 5.88 Å². The summed E-state index contributed by atoms with van der Waals surface area (Å²) >= 11 is 0. The average molecular weight is 540 g/mol. The Bertz CT molecular complexity index is 1160. The van der Waals surface area contributed by atoms with Gasteiger partial charge in [-0.3, -0.25) is 19.9 Å². The molecule has 0 unspecified atom stereocenters. The number of ether oxygens (including phenoxy) is 1. The summed E-state index contributed by atoms with van der Waals surface area (Å²) in [6.07, 6.45) is 7.00. The zero-order chi connectivity index (χ0) is 28.2. The zero-order valence-electron chi connectivity index (χ0n) is 23.2. The number of nitrogens with two attached hydrogens (primary N) is 1. The molecule has 1 aromatic rings. The van der Waals surface area contributed by atoms with E-state index in [9.17, 15) is 14.7 Å². The van der Waals surface area contributed by atoms with E-state index in [2.05, 4.69) is 32.4 Å². The van der Waals surface area contributed by atoms with Crippen molar-refractivity contribution in [2.75, 3.05) is 20.1 Å². The van der Waals surface area contributed by atoms with Gasteiger partial charge in [-0.25, -0.2) is 4.98 Å². The number of nitrogens with zero attached hydrogens (tertiary/aromatic N) is 4. The number of hydrogen-bond acceptors (Lipinski definition) is 11. The maximum atomic E-state index is 13.7. The summed E-state index contributed by atoms with van der Waals surface area (Å²) in [6, 6.07) is 1.80. The van der Waals surface area contributed by atoms with Crippen LogP contribution in [0.3, 0.4) is 0 Å². The van der Waals surface area contributed by atoms with E-state index in [4.69, 9.17) is 15.9 Å². The smallest absolute Gasteiger partial charge is 0.217 e. The Morgan fingerprint density at radius 1 is 1.28 bits per heavy atom. The van der Waals surface area contributed by atoms with E-state index in [0.717, 1.165) is 32.2 Å². The SMILES string of the molecule is C[C@H](O)CN/N=C\C(=N)c1cc(O[C@@H](C)[C@@H]2CCCN2C)nc(C(N)=C2CCC[C@@]3(CCCCC3=O)C2=O)n1. The molecule has 3 fully saturated rings. The van der Waals surface area contributed by atoms with Crippen LogP contribution in [0.2, 0.25) is 0 Å². The molecule has 11 heteroatoms. The summed E-state index contributed by atoms with van der Waals surface area (Å²) < 4.78 is 6.25. The minimum absolute atomic E-state index is 0.0136. The highest BCUT2D eigenvalue weighted by Crippen LogP contribution is 2.45. The number of ketones is 2. The molecule has 1 saturated heterocycles. The molecule has 1 aromatic heterocycles. The van der Waals surface area contributed by atoms with Crippen molar-refractivity contribution in [2.45, 2.75) is 89.9 Å². The van der Waals surface area contributed by atoms with E-state index < -0.39 is 11.5 Å². The monoisotopic (exact) mass is 539 g/mol. The average Bonchev–Trinajstić information content (AvgIpc) is 3.35. The quantitative estimate of drug-likeness (QED) is 0.159. The highest BCUT2D eigenvalue weighted by Gasteiger charge is 2.49. The van der Waals surface area contributed by atoms with Crippen molar-refractivity contribution in [3.05, 3.63) is 23.2 Å². The summed E-state index contributed by atoms with van der Waals surface area (Å²) in [7, 11) is 2.07. The number of aliphatic hydroxyl groups is 1. The number of hydrazone groups is 1. The fourth-order valence-corrected chi connectivity index (χ4v) is 5.97. The second-order valence-electron chi connectivity index (χ2n) is 11.1. The number of carbonyl (C=O) groups is 2. The van der Waals surface area contributed by atoms with Crippen molar-refractivity contribution in [1.29, 1.82) is 5.41 Å². The van der Waals surface area contributed by atoms with E-state index in [0.29, 0.717) is 37.7 Å². The molecule has 0 amide bonds. The van der Waals surface area contributed by atoms with Crippen LogP contribution in [-0.4, -0.2) is 81.9 Å². The Kier molecular flexibility index (Phi) is 9.12. The van der Waals surface area contributed by atoms with Gasteiger partial charge in [-0.1, -0.05) is 6.42 Å². The molecule has 0 radical (unpaired) electrons. The van der Waals surface area contributed by atoms with Crippen molar-refractivity contribution < 1.29 is 19.4 Å². The molecular formula is C28H41N7O4. The van der Waals surface area contributed by atoms with Gasteiger partial charge in [-0.2, -0.15) is 10.1 Å². The highest BCUT2D eigenvalue weighted by molar-refractivity contribution is 6.36. The topological polar surface area (TPSA) is 167 Å². The Labute approximate surface area is 229 Å². The Balaban J connectivity index is 1.68. The van der Waals surface area contributed by atoms with Crippen LogP contribution in [0.15, 0.2) is 16.7 Å². The van der Waals surface area contributed by atoms with E-state index >= 15 is 0 Å². The lowest BCUT2D eigenvalue weighted by Crippen LogP contribution is -2.45. The molecular weight excluding hydrogens is 498 g/mol. The third-order valence-corrected chi connectivity index (χ3v) is 8.17. The molecule has 212 valence electrons. The van der Waals surface area contributed by atoms with Crippen LogP contribution in [0.4, 0.5) is 0 Å². The first kappa shape index (κ1) is 28.8.